The van der Waals surface area contributed by atoms with E-state index in [1.807, 2.05) is 0 Å². The second-order valence-electron chi connectivity index (χ2n) is 6.40. The molecule has 1 N–H and O–H groups in total. The number of fused-ring (bicyclic) bond motifs is 3. The van der Waals surface area contributed by atoms with Crippen LogP contribution in [0.2, 0.25) is 0 Å². The summed E-state index contributed by atoms with van der Waals surface area (Å²) in [5, 5.41) is 10.1. The summed E-state index contributed by atoms with van der Waals surface area (Å²) < 4.78 is 0. The molecule has 1 aliphatic carbocycles. The Labute approximate surface area is 109 Å². The molecule has 4 aliphatic rings. The van der Waals surface area contributed by atoms with Crippen LogP contribution in [0.3, 0.4) is 0 Å². The van der Waals surface area contributed by atoms with Crippen LogP contribution >= 0.6 is 0 Å². The summed E-state index contributed by atoms with van der Waals surface area (Å²) in [5.41, 5.74) is 2.12. The van der Waals surface area contributed by atoms with Crippen molar-refractivity contribution in [1.29, 1.82) is 0 Å². The minimum Gasteiger partial charge on any atom is -0.385 e. The van der Waals surface area contributed by atoms with Crippen molar-refractivity contribution in [3.8, 4) is 0 Å². The highest BCUT2D eigenvalue weighted by molar-refractivity contribution is 5.33. The first kappa shape index (κ1) is 11.0. The second-order valence-corrected chi connectivity index (χ2v) is 6.40. The first-order valence-electron chi connectivity index (χ1n) is 7.30. The molecule has 96 valence electrons. The van der Waals surface area contributed by atoms with E-state index >= 15 is 0 Å². The highest BCUT2D eigenvalue weighted by atomic mass is 16.3. The van der Waals surface area contributed by atoms with Gasteiger partial charge in [0, 0.05) is 6.54 Å². The lowest BCUT2D eigenvalue weighted by Crippen LogP contribution is -2.46. The molecule has 18 heavy (non-hydrogen) atoms. The van der Waals surface area contributed by atoms with Crippen molar-refractivity contribution in [2.24, 2.45) is 5.92 Å². The van der Waals surface area contributed by atoms with Crippen molar-refractivity contribution in [1.82, 2.24) is 4.90 Å². The second kappa shape index (κ2) is 3.82. The van der Waals surface area contributed by atoms with Crippen LogP contribution in [0.4, 0.5) is 0 Å². The van der Waals surface area contributed by atoms with Gasteiger partial charge in [0.2, 0.25) is 0 Å². The SMILES string of the molecule is OC1(c2ccc(C3CN4CCC3CC4)cc2)CC1. The lowest BCUT2D eigenvalue weighted by molar-refractivity contribution is 0.0870. The van der Waals surface area contributed by atoms with E-state index in [0.29, 0.717) is 0 Å². The van der Waals surface area contributed by atoms with Gasteiger partial charge in [-0.15, -0.1) is 0 Å². The van der Waals surface area contributed by atoms with E-state index < -0.39 is 5.60 Å². The molecule has 4 fully saturated rings. The van der Waals surface area contributed by atoms with Crippen LogP contribution in [-0.2, 0) is 5.60 Å². The molecular formula is C16H21NO. The number of hydrogen-bond acceptors (Lipinski definition) is 2. The fourth-order valence-electron chi connectivity index (χ4n) is 3.79. The molecule has 1 aromatic carbocycles. The molecule has 1 saturated carbocycles. The van der Waals surface area contributed by atoms with Crippen LogP contribution in [0.1, 0.15) is 42.7 Å². The number of nitrogens with zero attached hydrogens (tertiary/aromatic N) is 1. The number of rotatable bonds is 2. The minimum atomic E-state index is -0.479. The van der Waals surface area contributed by atoms with Gasteiger partial charge in [0.05, 0.1) is 5.60 Å². The zero-order valence-corrected chi connectivity index (χ0v) is 10.8. The van der Waals surface area contributed by atoms with Crippen LogP contribution in [0.25, 0.3) is 0 Å². The summed E-state index contributed by atoms with van der Waals surface area (Å²) in [4.78, 5) is 2.60. The molecule has 2 heteroatoms. The average Bonchev–Trinajstić information content (AvgIpc) is 3.20. The van der Waals surface area contributed by atoms with E-state index in [9.17, 15) is 5.11 Å². The van der Waals surface area contributed by atoms with E-state index in [4.69, 9.17) is 0 Å². The van der Waals surface area contributed by atoms with E-state index in [2.05, 4.69) is 29.2 Å². The lowest BCUT2D eigenvalue weighted by Gasteiger charge is -2.45. The highest BCUT2D eigenvalue weighted by Crippen LogP contribution is 2.46. The normalized spacial score (nSPS) is 36.6. The predicted octanol–water partition coefficient (Wildman–Crippen LogP) is 2.48. The quantitative estimate of drug-likeness (QED) is 0.862. The van der Waals surface area contributed by atoms with Crippen molar-refractivity contribution in [2.75, 3.05) is 19.6 Å². The van der Waals surface area contributed by atoms with Crippen molar-refractivity contribution >= 4 is 0 Å². The zero-order chi connectivity index (χ0) is 12.2. The van der Waals surface area contributed by atoms with Gasteiger partial charge in [-0.1, -0.05) is 24.3 Å². The van der Waals surface area contributed by atoms with Gasteiger partial charge in [-0.25, -0.2) is 0 Å². The molecule has 5 rings (SSSR count). The van der Waals surface area contributed by atoms with Crippen LogP contribution in [0.15, 0.2) is 24.3 Å². The van der Waals surface area contributed by atoms with Gasteiger partial charge in [-0.05, 0) is 61.7 Å². The monoisotopic (exact) mass is 243 g/mol. The largest absolute Gasteiger partial charge is 0.385 e. The van der Waals surface area contributed by atoms with Crippen LogP contribution in [0, 0.1) is 5.92 Å². The Hall–Kier alpha value is -0.860. The molecule has 2 bridgehead atoms. The standard InChI is InChI=1S/C16H21NO/c18-16(7-8-16)14-3-1-12(2-4-14)15-11-17-9-5-13(15)6-10-17/h1-4,13,15,18H,5-11H2. The topological polar surface area (TPSA) is 23.5 Å². The Morgan fingerprint density at radius 3 is 2.22 bits per heavy atom. The summed E-state index contributed by atoms with van der Waals surface area (Å²) in [7, 11) is 0. The van der Waals surface area contributed by atoms with Gasteiger partial charge >= 0.3 is 0 Å². The fraction of sp³-hybridized carbons (Fsp3) is 0.625. The summed E-state index contributed by atoms with van der Waals surface area (Å²) >= 11 is 0. The summed E-state index contributed by atoms with van der Waals surface area (Å²) in [6.07, 6.45) is 4.62. The molecule has 3 saturated heterocycles. The van der Waals surface area contributed by atoms with Gasteiger partial charge in [0.15, 0.2) is 0 Å². The number of aliphatic hydroxyl groups is 1. The highest BCUT2D eigenvalue weighted by Gasteiger charge is 2.42. The smallest absolute Gasteiger partial charge is 0.0899 e. The lowest BCUT2D eigenvalue weighted by atomic mass is 9.75. The third kappa shape index (κ3) is 1.70. The summed E-state index contributed by atoms with van der Waals surface area (Å²) in [6, 6.07) is 8.83. The molecular weight excluding hydrogens is 222 g/mol. The Morgan fingerprint density at radius 2 is 1.72 bits per heavy atom. The molecule has 3 aliphatic heterocycles. The Bertz CT molecular complexity index is 441. The van der Waals surface area contributed by atoms with Crippen LogP contribution in [0.5, 0.6) is 0 Å². The maximum atomic E-state index is 10.1. The number of hydrogen-bond donors (Lipinski definition) is 1. The van der Waals surface area contributed by atoms with E-state index in [-0.39, 0.29) is 0 Å². The Balaban J connectivity index is 1.58. The maximum absolute atomic E-state index is 10.1. The predicted molar refractivity (Wildman–Crippen MR) is 71.5 cm³/mol. The van der Waals surface area contributed by atoms with Crippen molar-refractivity contribution in [3.05, 3.63) is 35.4 Å². The Kier molecular flexibility index (Phi) is 2.33. The van der Waals surface area contributed by atoms with Crippen molar-refractivity contribution < 1.29 is 5.11 Å². The summed E-state index contributed by atoms with van der Waals surface area (Å²) in [5.74, 6) is 1.63. The van der Waals surface area contributed by atoms with Crippen molar-refractivity contribution in [2.45, 2.75) is 37.2 Å². The molecule has 1 unspecified atom stereocenters. The van der Waals surface area contributed by atoms with E-state index in [0.717, 1.165) is 30.2 Å². The van der Waals surface area contributed by atoms with Crippen LogP contribution in [-0.4, -0.2) is 29.6 Å². The molecule has 1 atom stereocenters. The zero-order valence-electron chi connectivity index (χ0n) is 10.8. The molecule has 0 amide bonds. The van der Waals surface area contributed by atoms with Gasteiger partial charge < -0.3 is 10.0 Å². The molecule has 1 aromatic rings. The number of benzene rings is 1. The Morgan fingerprint density at radius 1 is 1.06 bits per heavy atom. The maximum Gasteiger partial charge on any atom is 0.0899 e. The first-order chi connectivity index (χ1) is 8.74. The first-order valence-corrected chi connectivity index (χ1v) is 7.30. The van der Waals surface area contributed by atoms with Gasteiger partial charge in [-0.2, -0.15) is 0 Å². The third-order valence-corrected chi connectivity index (χ3v) is 5.26. The molecule has 0 radical (unpaired) electrons. The van der Waals surface area contributed by atoms with E-state index in [1.54, 1.807) is 0 Å². The van der Waals surface area contributed by atoms with Gasteiger partial charge in [-0.3, -0.25) is 0 Å². The third-order valence-electron chi connectivity index (χ3n) is 5.26. The van der Waals surface area contributed by atoms with E-state index in [1.165, 1.54) is 38.0 Å². The molecule has 3 heterocycles. The minimum absolute atomic E-state index is 0.479. The molecule has 0 aromatic heterocycles. The fourth-order valence-corrected chi connectivity index (χ4v) is 3.79. The number of piperidine rings is 3. The molecule has 0 spiro atoms. The van der Waals surface area contributed by atoms with Gasteiger partial charge in [0.25, 0.3) is 0 Å². The molecule has 2 nitrogen and oxygen atoms in total. The summed E-state index contributed by atoms with van der Waals surface area (Å²) in [6.45, 7) is 3.85. The van der Waals surface area contributed by atoms with Gasteiger partial charge in [0.1, 0.15) is 0 Å². The van der Waals surface area contributed by atoms with Crippen molar-refractivity contribution in [3.63, 3.8) is 0 Å². The average molecular weight is 243 g/mol. The van der Waals surface area contributed by atoms with Crippen LogP contribution < -0.4 is 0 Å².